The summed E-state index contributed by atoms with van der Waals surface area (Å²) in [6.07, 6.45) is 2.17. The first-order valence-corrected chi connectivity index (χ1v) is 9.54. The summed E-state index contributed by atoms with van der Waals surface area (Å²) < 4.78 is 1.81. The minimum atomic E-state index is -0.255. The van der Waals surface area contributed by atoms with Gasteiger partial charge in [-0.15, -0.1) is 0 Å². The van der Waals surface area contributed by atoms with E-state index >= 15 is 0 Å². The lowest BCUT2D eigenvalue weighted by Crippen LogP contribution is -2.28. The maximum atomic E-state index is 12.6. The molecule has 6 nitrogen and oxygen atoms in total. The van der Waals surface area contributed by atoms with Crippen molar-refractivity contribution in [1.29, 1.82) is 0 Å². The maximum Gasteiger partial charge on any atom is 0.253 e. The highest BCUT2D eigenvalue weighted by Crippen LogP contribution is 2.23. The van der Waals surface area contributed by atoms with E-state index < -0.39 is 0 Å². The van der Waals surface area contributed by atoms with Gasteiger partial charge in [0.05, 0.1) is 11.6 Å². The smallest absolute Gasteiger partial charge is 0.253 e. The van der Waals surface area contributed by atoms with Gasteiger partial charge in [-0.25, -0.2) is 0 Å². The summed E-state index contributed by atoms with van der Waals surface area (Å²) in [4.78, 5) is 26.9. The number of hydrogen-bond donors (Lipinski definition) is 1. The molecule has 3 rings (SSSR count). The van der Waals surface area contributed by atoms with Crippen molar-refractivity contribution in [3.63, 3.8) is 0 Å². The highest BCUT2D eigenvalue weighted by atomic mass is 16.2. The highest BCUT2D eigenvalue weighted by molar-refractivity contribution is 5.94. The van der Waals surface area contributed by atoms with Crippen LogP contribution in [0.1, 0.15) is 58.6 Å². The average Bonchev–Trinajstić information content (AvgIpc) is 3.28. The molecule has 0 aliphatic carbocycles. The normalized spacial score (nSPS) is 15.0. The first-order valence-electron chi connectivity index (χ1n) is 9.54. The first kappa shape index (κ1) is 19.1. The molecule has 1 atom stereocenters. The van der Waals surface area contributed by atoms with Crippen LogP contribution in [0.15, 0.2) is 24.3 Å². The number of hydrogen-bond acceptors (Lipinski definition) is 3. The number of amides is 2. The molecule has 0 bridgehead atoms. The van der Waals surface area contributed by atoms with Gasteiger partial charge in [0.1, 0.15) is 0 Å². The van der Waals surface area contributed by atoms with E-state index in [2.05, 4.69) is 10.4 Å². The van der Waals surface area contributed by atoms with E-state index in [1.165, 1.54) is 0 Å². The lowest BCUT2D eigenvalue weighted by atomic mass is 9.98. The lowest BCUT2D eigenvalue weighted by Gasteiger charge is -2.16. The van der Waals surface area contributed by atoms with E-state index in [1.54, 1.807) is 0 Å². The van der Waals surface area contributed by atoms with Gasteiger partial charge in [-0.2, -0.15) is 5.10 Å². The molecule has 6 heteroatoms. The summed E-state index contributed by atoms with van der Waals surface area (Å²) in [5.41, 5.74) is 4.58. The van der Waals surface area contributed by atoms with Gasteiger partial charge < -0.3 is 10.2 Å². The monoisotopic (exact) mass is 368 g/mol. The number of benzene rings is 1. The van der Waals surface area contributed by atoms with E-state index in [4.69, 9.17) is 0 Å². The molecule has 0 spiro atoms. The van der Waals surface area contributed by atoms with Crippen LogP contribution in [0.5, 0.6) is 0 Å². The molecule has 0 radical (unpaired) electrons. The number of rotatable bonds is 5. The van der Waals surface area contributed by atoms with Gasteiger partial charge >= 0.3 is 0 Å². The highest BCUT2D eigenvalue weighted by Gasteiger charge is 2.22. The molecular weight excluding hydrogens is 340 g/mol. The summed E-state index contributed by atoms with van der Waals surface area (Å²) >= 11 is 0. The second-order valence-corrected chi connectivity index (χ2v) is 7.34. The molecule has 2 aromatic rings. The summed E-state index contributed by atoms with van der Waals surface area (Å²) in [5.74, 6) is -0.180. The van der Waals surface area contributed by atoms with Crippen molar-refractivity contribution in [3.05, 3.63) is 52.3 Å². The molecule has 2 amide bonds. The van der Waals surface area contributed by atoms with E-state index in [1.807, 2.05) is 61.7 Å². The second kappa shape index (κ2) is 7.94. The number of likely N-dealkylation sites (tertiary alicyclic amines) is 1. The third-order valence-corrected chi connectivity index (χ3v) is 5.45. The zero-order valence-corrected chi connectivity index (χ0v) is 16.6. The van der Waals surface area contributed by atoms with Gasteiger partial charge in [0.2, 0.25) is 5.91 Å². The Labute approximate surface area is 160 Å². The van der Waals surface area contributed by atoms with E-state index in [0.717, 1.165) is 48.4 Å². The van der Waals surface area contributed by atoms with Crippen LogP contribution in [0.3, 0.4) is 0 Å². The van der Waals surface area contributed by atoms with Crippen LogP contribution in [0.2, 0.25) is 0 Å². The third-order valence-electron chi connectivity index (χ3n) is 5.45. The molecule has 144 valence electrons. The average molecular weight is 368 g/mol. The second-order valence-electron chi connectivity index (χ2n) is 7.34. The minimum Gasteiger partial charge on any atom is -0.352 e. The molecule has 1 aromatic carbocycles. The molecular formula is C21H28N4O2. The Hall–Kier alpha value is -2.63. The Kier molecular flexibility index (Phi) is 5.63. The van der Waals surface area contributed by atoms with E-state index in [9.17, 15) is 9.59 Å². The Morgan fingerprint density at radius 3 is 2.33 bits per heavy atom. The van der Waals surface area contributed by atoms with Crippen molar-refractivity contribution in [2.45, 2.75) is 46.1 Å². The zero-order chi connectivity index (χ0) is 19.6. The molecule has 0 saturated carbocycles. The van der Waals surface area contributed by atoms with Crippen LogP contribution in [-0.2, 0) is 18.4 Å². The van der Waals surface area contributed by atoms with Crippen molar-refractivity contribution < 1.29 is 9.59 Å². The van der Waals surface area contributed by atoms with Gasteiger partial charge in [0.25, 0.3) is 5.91 Å². The molecule has 1 aliphatic heterocycles. The first-order chi connectivity index (χ1) is 12.9. The minimum absolute atomic E-state index is 0.0218. The molecule has 2 heterocycles. The topological polar surface area (TPSA) is 67.2 Å². The number of carbonyl (C=O) groups excluding carboxylic acids is 2. The Morgan fingerprint density at radius 1 is 1.15 bits per heavy atom. The summed E-state index contributed by atoms with van der Waals surface area (Å²) in [5, 5.41) is 7.39. The predicted octanol–water partition coefficient (Wildman–Crippen LogP) is 2.69. The van der Waals surface area contributed by atoms with Crippen molar-refractivity contribution >= 4 is 11.8 Å². The number of nitrogens with zero attached hydrogens (tertiary/aromatic N) is 3. The zero-order valence-electron chi connectivity index (χ0n) is 16.6. The fourth-order valence-electron chi connectivity index (χ4n) is 3.76. The van der Waals surface area contributed by atoms with Crippen LogP contribution in [0, 0.1) is 13.8 Å². The third kappa shape index (κ3) is 4.04. The largest absolute Gasteiger partial charge is 0.352 e. The van der Waals surface area contributed by atoms with Crippen molar-refractivity contribution in [1.82, 2.24) is 20.0 Å². The number of aryl methyl sites for hydroxylation is 2. The summed E-state index contributed by atoms with van der Waals surface area (Å²) in [6, 6.07) is 7.52. The molecule has 0 unspecified atom stereocenters. The van der Waals surface area contributed by atoms with E-state index in [0.29, 0.717) is 12.1 Å². The SMILES string of the molecule is Cc1nn(C)c(C)c1[C@H](C)C(=O)NCc1ccc(C(=O)N2CCCC2)cc1. The number of carbonyl (C=O) groups is 2. The number of nitrogens with one attached hydrogen (secondary N) is 1. The van der Waals surface area contributed by atoms with Gasteiger partial charge in [-0.3, -0.25) is 14.3 Å². The standard InChI is InChI=1S/C21H28N4O2/c1-14(19-15(2)23-24(4)16(19)3)20(26)22-13-17-7-9-18(10-8-17)21(27)25-11-5-6-12-25/h7-10,14H,5-6,11-13H2,1-4H3,(H,22,26)/t14-/m0/s1. The molecule has 1 fully saturated rings. The van der Waals surface area contributed by atoms with Gasteiger partial charge in [0.15, 0.2) is 0 Å². The van der Waals surface area contributed by atoms with Crippen LogP contribution in [0.25, 0.3) is 0 Å². The fourth-order valence-corrected chi connectivity index (χ4v) is 3.76. The van der Waals surface area contributed by atoms with Crippen LogP contribution >= 0.6 is 0 Å². The van der Waals surface area contributed by atoms with Crippen molar-refractivity contribution in [2.24, 2.45) is 7.05 Å². The summed E-state index contributed by atoms with van der Waals surface area (Å²) in [7, 11) is 1.89. The predicted molar refractivity (Wildman–Crippen MR) is 105 cm³/mol. The maximum absolute atomic E-state index is 12.6. The van der Waals surface area contributed by atoms with Crippen LogP contribution in [0.4, 0.5) is 0 Å². The molecule has 1 saturated heterocycles. The Morgan fingerprint density at radius 2 is 1.78 bits per heavy atom. The Bertz CT molecular complexity index is 833. The van der Waals surface area contributed by atoms with Gasteiger partial charge in [-0.1, -0.05) is 12.1 Å². The van der Waals surface area contributed by atoms with Crippen molar-refractivity contribution in [2.75, 3.05) is 13.1 Å². The quantitative estimate of drug-likeness (QED) is 0.882. The summed E-state index contributed by atoms with van der Waals surface area (Å²) in [6.45, 7) is 7.96. The lowest BCUT2D eigenvalue weighted by molar-refractivity contribution is -0.122. The number of aromatic nitrogens is 2. The van der Waals surface area contributed by atoms with Crippen molar-refractivity contribution in [3.8, 4) is 0 Å². The van der Waals surface area contributed by atoms with Gasteiger partial charge in [0, 0.05) is 43.5 Å². The van der Waals surface area contributed by atoms with E-state index in [-0.39, 0.29) is 17.7 Å². The van der Waals surface area contributed by atoms with Crippen LogP contribution in [-0.4, -0.2) is 39.6 Å². The fraction of sp³-hybridized carbons (Fsp3) is 0.476. The molecule has 1 N–H and O–H groups in total. The molecule has 1 aliphatic rings. The molecule has 27 heavy (non-hydrogen) atoms. The van der Waals surface area contributed by atoms with Crippen LogP contribution < -0.4 is 5.32 Å². The Balaban J connectivity index is 1.59. The molecule has 1 aromatic heterocycles. The van der Waals surface area contributed by atoms with Gasteiger partial charge in [-0.05, 0) is 51.3 Å².